The average Bonchev–Trinajstić information content (AvgIpc) is 2.53. The first kappa shape index (κ1) is 19.8. The van der Waals surface area contributed by atoms with Gasteiger partial charge in [-0.25, -0.2) is 8.42 Å². The van der Waals surface area contributed by atoms with E-state index in [2.05, 4.69) is 5.32 Å². The SMILES string of the molecule is CC(N)CCNC(=O)c1ccc(S(=O)(=O)N2CC(C)OC(C)C2)cc1. The van der Waals surface area contributed by atoms with Crippen LogP contribution in [0, 0.1) is 0 Å². The lowest BCUT2D eigenvalue weighted by Crippen LogP contribution is -2.48. The molecule has 0 saturated carbocycles. The Labute approximate surface area is 149 Å². The van der Waals surface area contributed by atoms with E-state index in [9.17, 15) is 13.2 Å². The van der Waals surface area contributed by atoms with Crippen molar-refractivity contribution in [2.24, 2.45) is 5.73 Å². The van der Waals surface area contributed by atoms with E-state index < -0.39 is 10.0 Å². The second-order valence-corrected chi connectivity index (χ2v) is 8.56. The highest BCUT2D eigenvalue weighted by molar-refractivity contribution is 7.89. The summed E-state index contributed by atoms with van der Waals surface area (Å²) in [5, 5.41) is 2.77. The predicted molar refractivity (Wildman–Crippen MR) is 95.8 cm³/mol. The minimum Gasteiger partial charge on any atom is -0.373 e. The van der Waals surface area contributed by atoms with Gasteiger partial charge in [0, 0.05) is 31.2 Å². The number of sulfonamides is 1. The van der Waals surface area contributed by atoms with Crippen LogP contribution in [0.2, 0.25) is 0 Å². The van der Waals surface area contributed by atoms with Crippen molar-refractivity contribution in [2.45, 2.75) is 50.3 Å². The Hall–Kier alpha value is -1.48. The summed E-state index contributed by atoms with van der Waals surface area (Å²) < 4.78 is 32.5. The molecule has 0 aliphatic carbocycles. The van der Waals surface area contributed by atoms with Crippen LogP contribution in [0.3, 0.4) is 0 Å². The maximum absolute atomic E-state index is 12.8. The van der Waals surface area contributed by atoms with Gasteiger partial charge in [0.25, 0.3) is 5.91 Å². The number of nitrogens with zero attached hydrogens (tertiary/aromatic N) is 1. The molecule has 3 unspecified atom stereocenters. The Bertz CT molecular complexity index is 678. The van der Waals surface area contributed by atoms with Gasteiger partial charge < -0.3 is 15.8 Å². The van der Waals surface area contributed by atoms with E-state index in [4.69, 9.17) is 10.5 Å². The molecular weight excluding hydrogens is 342 g/mol. The average molecular weight is 369 g/mol. The monoisotopic (exact) mass is 369 g/mol. The fourth-order valence-electron chi connectivity index (χ4n) is 2.77. The summed E-state index contributed by atoms with van der Waals surface area (Å²) in [6.07, 6.45) is 0.396. The lowest BCUT2D eigenvalue weighted by molar-refractivity contribution is -0.0440. The van der Waals surface area contributed by atoms with Gasteiger partial charge in [-0.1, -0.05) is 0 Å². The first-order chi connectivity index (χ1) is 11.7. The molecule has 1 fully saturated rings. The molecule has 3 atom stereocenters. The molecule has 1 aliphatic rings. The number of morpholine rings is 1. The molecular formula is C17H27N3O4S. The van der Waals surface area contributed by atoms with E-state index in [-0.39, 0.29) is 29.1 Å². The molecule has 1 heterocycles. The van der Waals surface area contributed by atoms with Crippen molar-refractivity contribution in [2.75, 3.05) is 19.6 Å². The number of rotatable bonds is 6. The van der Waals surface area contributed by atoms with Crippen molar-refractivity contribution in [1.82, 2.24) is 9.62 Å². The molecule has 1 aromatic carbocycles. The highest BCUT2D eigenvalue weighted by atomic mass is 32.2. The van der Waals surface area contributed by atoms with E-state index in [1.807, 2.05) is 20.8 Å². The zero-order valence-corrected chi connectivity index (χ0v) is 15.8. The number of ether oxygens (including phenoxy) is 1. The summed E-state index contributed by atoms with van der Waals surface area (Å²) in [7, 11) is -3.59. The molecule has 7 nitrogen and oxygen atoms in total. The maximum Gasteiger partial charge on any atom is 0.251 e. The molecule has 1 aliphatic heterocycles. The summed E-state index contributed by atoms with van der Waals surface area (Å²) in [5.74, 6) is -0.238. The highest BCUT2D eigenvalue weighted by Gasteiger charge is 2.32. The molecule has 0 aromatic heterocycles. The minimum atomic E-state index is -3.59. The minimum absolute atomic E-state index is 0.0196. The number of hydrogen-bond acceptors (Lipinski definition) is 5. The van der Waals surface area contributed by atoms with Crippen LogP contribution in [0.1, 0.15) is 37.6 Å². The molecule has 8 heteroatoms. The van der Waals surface area contributed by atoms with Crippen molar-refractivity contribution in [1.29, 1.82) is 0 Å². The van der Waals surface area contributed by atoms with Crippen LogP contribution in [-0.4, -0.2) is 56.5 Å². The number of benzene rings is 1. The second kappa shape index (κ2) is 8.27. The van der Waals surface area contributed by atoms with Crippen molar-refractivity contribution in [3.8, 4) is 0 Å². The van der Waals surface area contributed by atoms with E-state index in [0.717, 1.165) is 0 Å². The molecule has 1 aromatic rings. The van der Waals surface area contributed by atoms with E-state index in [1.54, 1.807) is 0 Å². The third-order valence-electron chi connectivity index (χ3n) is 4.03. The fraction of sp³-hybridized carbons (Fsp3) is 0.588. The molecule has 2 rings (SSSR count). The fourth-order valence-corrected chi connectivity index (χ4v) is 4.36. The van der Waals surface area contributed by atoms with Gasteiger partial charge >= 0.3 is 0 Å². The van der Waals surface area contributed by atoms with Gasteiger partial charge in [0.05, 0.1) is 17.1 Å². The number of nitrogens with two attached hydrogens (primary N) is 1. The van der Waals surface area contributed by atoms with Gasteiger partial charge in [0.1, 0.15) is 0 Å². The van der Waals surface area contributed by atoms with Crippen LogP contribution in [0.15, 0.2) is 29.2 Å². The van der Waals surface area contributed by atoms with Gasteiger partial charge in [-0.05, 0) is 51.5 Å². The van der Waals surface area contributed by atoms with Crippen LogP contribution < -0.4 is 11.1 Å². The normalized spacial score (nSPS) is 23.2. The van der Waals surface area contributed by atoms with Crippen LogP contribution in [0.4, 0.5) is 0 Å². The van der Waals surface area contributed by atoms with Crippen LogP contribution in [0.5, 0.6) is 0 Å². The van der Waals surface area contributed by atoms with Crippen LogP contribution in [0.25, 0.3) is 0 Å². The lowest BCUT2D eigenvalue weighted by Gasteiger charge is -2.34. The Morgan fingerprint density at radius 3 is 2.36 bits per heavy atom. The maximum atomic E-state index is 12.8. The Kier molecular flexibility index (Phi) is 6.56. The van der Waals surface area contributed by atoms with Gasteiger partial charge in [-0.15, -0.1) is 0 Å². The first-order valence-electron chi connectivity index (χ1n) is 8.49. The molecule has 3 N–H and O–H groups in total. The van der Waals surface area contributed by atoms with Crippen molar-refractivity contribution in [3.63, 3.8) is 0 Å². The number of amides is 1. The van der Waals surface area contributed by atoms with Crippen LogP contribution in [-0.2, 0) is 14.8 Å². The third kappa shape index (κ3) is 5.24. The zero-order valence-electron chi connectivity index (χ0n) is 14.9. The van der Waals surface area contributed by atoms with Crippen molar-refractivity contribution >= 4 is 15.9 Å². The standard InChI is InChI=1S/C17H27N3O4S/c1-12(18)8-9-19-17(21)15-4-6-16(7-5-15)25(22,23)20-10-13(2)24-14(3)11-20/h4-7,12-14H,8-11,18H2,1-3H3,(H,19,21). The Balaban J connectivity index is 2.06. The van der Waals surface area contributed by atoms with E-state index in [1.165, 1.54) is 28.6 Å². The van der Waals surface area contributed by atoms with E-state index in [0.29, 0.717) is 31.6 Å². The quantitative estimate of drug-likeness (QED) is 0.777. The highest BCUT2D eigenvalue weighted by Crippen LogP contribution is 2.21. The van der Waals surface area contributed by atoms with Crippen molar-refractivity contribution in [3.05, 3.63) is 29.8 Å². The number of nitrogens with one attached hydrogen (secondary N) is 1. The Morgan fingerprint density at radius 1 is 1.28 bits per heavy atom. The molecule has 140 valence electrons. The molecule has 0 bridgehead atoms. The van der Waals surface area contributed by atoms with Gasteiger partial charge in [0.2, 0.25) is 10.0 Å². The first-order valence-corrected chi connectivity index (χ1v) is 9.93. The topological polar surface area (TPSA) is 102 Å². The van der Waals surface area contributed by atoms with Gasteiger partial charge in [0.15, 0.2) is 0 Å². The summed E-state index contributed by atoms with van der Waals surface area (Å²) in [6, 6.07) is 6.02. The largest absolute Gasteiger partial charge is 0.373 e. The number of carbonyl (C=O) groups is 1. The summed E-state index contributed by atoms with van der Waals surface area (Å²) in [6.45, 7) is 6.72. The third-order valence-corrected chi connectivity index (χ3v) is 5.87. The summed E-state index contributed by atoms with van der Waals surface area (Å²) >= 11 is 0. The second-order valence-electron chi connectivity index (χ2n) is 6.63. The molecule has 25 heavy (non-hydrogen) atoms. The number of hydrogen-bond donors (Lipinski definition) is 2. The lowest BCUT2D eigenvalue weighted by atomic mass is 10.2. The van der Waals surface area contributed by atoms with Gasteiger partial charge in [-0.3, -0.25) is 4.79 Å². The molecule has 1 amide bonds. The predicted octanol–water partition coefficient (Wildman–Crippen LogP) is 0.952. The Morgan fingerprint density at radius 2 is 1.84 bits per heavy atom. The smallest absolute Gasteiger partial charge is 0.251 e. The van der Waals surface area contributed by atoms with E-state index >= 15 is 0 Å². The molecule has 1 saturated heterocycles. The number of carbonyl (C=O) groups excluding carboxylic acids is 1. The van der Waals surface area contributed by atoms with Crippen LogP contribution >= 0.6 is 0 Å². The van der Waals surface area contributed by atoms with Gasteiger partial charge in [-0.2, -0.15) is 4.31 Å². The molecule has 0 radical (unpaired) electrons. The molecule has 0 spiro atoms. The van der Waals surface area contributed by atoms with Crippen molar-refractivity contribution < 1.29 is 17.9 Å². The zero-order chi connectivity index (χ0) is 18.6. The summed E-state index contributed by atoms with van der Waals surface area (Å²) in [5.41, 5.74) is 6.07. The summed E-state index contributed by atoms with van der Waals surface area (Å²) in [4.78, 5) is 12.2.